The lowest BCUT2D eigenvalue weighted by Crippen LogP contribution is -2.43. The van der Waals surface area contributed by atoms with Crippen molar-refractivity contribution in [2.24, 2.45) is 10.8 Å². The first-order valence-corrected chi connectivity index (χ1v) is 7.19. The molecule has 1 saturated heterocycles. The molecule has 4 atom stereocenters. The van der Waals surface area contributed by atoms with Crippen LogP contribution in [-0.2, 0) is 4.74 Å². The Hall–Kier alpha value is -2.24. The Balaban J connectivity index is 2.25. The molecule has 2 rings (SSSR count). The summed E-state index contributed by atoms with van der Waals surface area (Å²) in [6, 6.07) is 1.42. The highest BCUT2D eigenvalue weighted by molar-refractivity contribution is 5.31. The fourth-order valence-electron chi connectivity index (χ4n) is 2.30. The van der Waals surface area contributed by atoms with E-state index in [9.17, 15) is 19.4 Å². The molecule has 2 heterocycles. The number of hydrogen-bond donors (Lipinski definition) is 4. The van der Waals surface area contributed by atoms with Gasteiger partial charge >= 0.3 is 5.69 Å². The van der Waals surface area contributed by atoms with Gasteiger partial charge in [0.2, 0.25) is 5.72 Å². The SMILES string of the molecule is [N-]=[N+]=N[C@]1(CO)O[C@@H](n2ccc(NCCCN)nc2=O)[C@@H](F)[C@@H]1O. The predicted octanol–water partition coefficient (Wildman–Crippen LogP) is -0.769. The molecule has 0 aliphatic carbocycles. The van der Waals surface area contributed by atoms with E-state index in [-0.39, 0.29) is 5.82 Å². The van der Waals surface area contributed by atoms with Crippen LogP contribution in [0.15, 0.2) is 22.2 Å². The first-order valence-electron chi connectivity index (χ1n) is 7.19. The average Bonchev–Trinajstić information content (AvgIpc) is 2.81. The van der Waals surface area contributed by atoms with Crippen molar-refractivity contribution in [2.45, 2.75) is 30.6 Å². The van der Waals surface area contributed by atoms with Crippen molar-refractivity contribution in [3.05, 3.63) is 33.2 Å². The standard InChI is InChI=1S/C12H18FN7O4/c13-8-9(22)12(6-21,18-19-15)24-10(8)20-5-2-7(17-11(20)23)16-4-1-3-14/h2,5,8-10,21-22H,1,3-4,6,14H2,(H,16,17,23)/t8-,9-,10+,12+/m0/s1. The van der Waals surface area contributed by atoms with Crippen molar-refractivity contribution in [1.29, 1.82) is 0 Å². The topological polar surface area (TPSA) is 171 Å². The molecule has 0 aromatic carbocycles. The summed E-state index contributed by atoms with van der Waals surface area (Å²) in [5, 5.41) is 25.2. The van der Waals surface area contributed by atoms with Crippen LogP contribution in [0.2, 0.25) is 0 Å². The van der Waals surface area contributed by atoms with Crippen LogP contribution in [0, 0.1) is 0 Å². The third kappa shape index (κ3) is 3.32. The minimum Gasteiger partial charge on any atom is -0.393 e. The van der Waals surface area contributed by atoms with Crippen molar-refractivity contribution >= 4 is 5.82 Å². The van der Waals surface area contributed by atoms with Crippen molar-refractivity contribution in [1.82, 2.24) is 9.55 Å². The van der Waals surface area contributed by atoms with Gasteiger partial charge in [0.25, 0.3) is 0 Å². The second kappa shape index (κ2) is 7.55. The van der Waals surface area contributed by atoms with Crippen LogP contribution < -0.4 is 16.7 Å². The second-order valence-electron chi connectivity index (χ2n) is 5.16. The Morgan fingerprint density at radius 3 is 3.00 bits per heavy atom. The number of halogens is 1. The number of hydrogen-bond acceptors (Lipinski definition) is 8. The van der Waals surface area contributed by atoms with E-state index in [2.05, 4.69) is 20.3 Å². The number of nitrogens with two attached hydrogens (primary N) is 1. The summed E-state index contributed by atoms with van der Waals surface area (Å²) in [6.07, 6.45) is -3.71. The van der Waals surface area contributed by atoms with Gasteiger partial charge in [-0.15, -0.1) is 0 Å². The van der Waals surface area contributed by atoms with Crippen LogP contribution in [0.4, 0.5) is 10.2 Å². The van der Waals surface area contributed by atoms with E-state index in [4.69, 9.17) is 16.0 Å². The van der Waals surface area contributed by atoms with Crippen LogP contribution in [0.5, 0.6) is 0 Å². The summed E-state index contributed by atoms with van der Waals surface area (Å²) in [5.74, 6) is 0.280. The maximum Gasteiger partial charge on any atom is 0.351 e. The lowest BCUT2D eigenvalue weighted by molar-refractivity contribution is -0.124. The molecule has 0 saturated carbocycles. The number of ether oxygens (including phenoxy) is 1. The monoisotopic (exact) mass is 343 g/mol. The Labute approximate surface area is 135 Å². The molecule has 0 unspecified atom stereocenters. The van der Waals surface area contributed by atoms with Gasteiger partial charge in [-0.25, -0.2) is 9.18 Å². The first kappa shape index (κ1) is 18.1. The van der Waals surface area contributed by atoms with E-state index in [0.29, 0.717) is 19.5 Å². The quantitative estimate of drug-likeness (QED) is 0.218. The highest BCUT2D eigenvalue weighted by atomic mass is 19.1. The Morgan fingerprint density at radius 1 is 1.67 bits per heavy atom. The molecule has 0 amide bonds. The number of aliphatic hydroxyl groups is 2. The third-order valence-corrected chi connectivity index (χ3v) is 3.59. The number of aromatic nitrogens is 2. The molecule has 12 heteroatoms. The molecule has 5 N–H and O–H groups in total. The maximum absolute atomic E-state index is 14.3. The minimum atomic E-state index is -2.20. The molecule has 11 nitrogen and oxygen atoms in total. The number of azide groups is 1. The van der Waals surface area contributed by atoms with Crippen LogP contribution in [-0.4, -0.2) is 57.5 Å². The largest absolute Gasteiger partial charge is 0.393 e. The fourth-order valence-corrected chi connectivity index (χ4v) is 2.30. The van der Waals surface area contributed by atoms with Gasteiger partial charge in [0.05, 0.1) is 6.61 Å². The smallest absolute Gasteiger partial charge is 0.351 e. The van der Waals surface area contributed by atoms with E-state index in [0.717, 1.165) is 4.57 Å². The molecule has 1 aromatic rings. The van der Waals surface area contributed by atoms with Crippen molar-refractivity contribution in [3.63, 3.8) is 0 Å². The van der Waals surface area contributed by atoms with Gasteiger partial charge in [-0.3, -0.25) is 4.57 Å². The summed E-state index contributed by atoms with van der Waals surface area (Å²) < 4.78 is 20.3. The molecule has 1 fully saturated rings. The Bertz CT molecular complexity index is 680. The van der Waals surface area contributed by atoms with Gasteiger partial charge in [0.1, 0.15) is 11.9 Å². The zero-order chi connectivity index (χ0) is 17.7. The zero-order valence-electron chi connectivity index (χ0n) is 12.6. The van der Waals surface area contributed by atoms with Crippen molar-refractivity contribution in [2.75, 3.05) is 25.0 Å². The van der Waals surface area contributed by atoms with Crippen LogP contribution in [0.25, 0.3) is 10.4 Å². The molecule has 0 radical (unpaired) electrons. The Morgan fingerprint density at radius 2 is 2.42 bits per heavy atom. The van der Waals surface area contributed by atoms with Crippen molar-refractivity contribution < 1.29 is 19.3 Å². The number of aliphatic hydroxyl groups excluding tert-OH is 2. The van der Waals surface area contributed by atoms with Gasteiger partial charge in [-0.1, -0.05) is 5.11 Å². The average molecular weight is 343 g/mol. The summed E-state index contributed by atoms with van der Waals surface area (Å²) in [7, 11) is 0. The second-order valence-corrected chi connectivity index (χ2v) is 5.16. The lowest BCUT2D eigenvalue weighted by atomic mass is 10.1. The number of nitrogens with zero attached hydrogens (tertiary/aromatic N) is 5. The van der Waals surface area contributed by atoms with Gasteiger partial charge in [-0.05, 0) is 24.6 Å². The summed E-state index contributed by atoms with van der Waals surface area (Å²) in [4.78, 5) is 18.2. The molecule has 0 spiro atoms. The van der Waals surface area contributed by atoms with Crippen LogP contribution >= 0.6 is 0 Å². The maximum atomic E-state index is 14.3. The third-order valence-electron chi connectivity index (χ3n) is 3.59. The van der Waals surface area contributed by atoms with Gasteiger partial charge < -0.3 is 26.0 Å². The predicted molar refractivity (Wildman–Crippen MR) is 80.6 cm³/mol. The zero-order valence-corrected chi connectivity index (χ0v) is 12.6. The normalized spacial score (nSPS) is 29.2. The molecular formula is C12H18FN7O4. The van der Waals surface area contributed by atoms with Gasteiger partial charge in [-0.2, -0.15) is 4.98 Å². The molecule has 1 aliphatic heterocycles. The number of rotatable bonds is 7. The number of nitrogens with one attached hydrogen (secondary N) is 1. The fraction of sp³-hybridized carbons (Fsp3) is 0.667. The van der Waals surface area contributed by atoms with Crippen molar-refractivity contribution in [3.8, 4) is 0 Å². The highest BCUT2D eigenvalue weighted by Crippen LogP contribution is 2.39. The van der Waals surface area contributed by atoms with E-state index < -0.39 is 36.5 Å². The summed E-state index contributed by atoms with van der Waals surface area (Å²) in [6.45, 7) is 0.0436. The minimum absolute atomic E-state index is 0.280. The molecule has 0 bridgehead atoms. The van der Waals surface area contributed by atoms with Gasteiger partial charge in [0.15, 0.2) is 12.4 Å². The van der Waals surface area contributed by atoms with Crippen LogP contribution in [0.1, 0.15) is 12.6 Å². The lowest BCUT2D eigenvalue weighted by Gasteiger charge is -2.23. The molecule has 132 valence electrons. The van der Waals surface area contributed by atoms with Crippen LogP contribution in [0.3, 0.4) is 0 Å². The van der Waals surface area contributed by atoms with Gasteiger partial charge in [0, 0.05) is 17.7 Å². The Kier molecular flexibility index (Phi) is 5.70. The first-order chi connectivity index (χ1) is 11.5. The summed E-state index contributed by atoms with van der Waals surface area (Å²) >= 11 is 0. The summed E-state index contributed by atoms with van der Waals surface area (Å²) in [5.41, 5.74) is 10.8. The number of alkyl halides is 1. The molecular weight excluding hydrogens is 325 g/mol. The van der Waals surface area contributed by atoms with E-state index in [1.54, 1.807) is 0 Å². The number of anilines is 1. The van der Waals surface area contributed by atoms with E-state index in [1.807, 2.05) is 0 Å². The van der Waals surface area contributed by atoms with E-state index in [1.165, 1.54) is 12.3 Å². The highest BCUT2D eigenvalue weighted by Gasteiger charge is 2.56. The van der Waals surface area contributed by atoms with E-state index >= 15 is 0 Å². The molecule has 1 aliphatic rings. The molecule has 1 aromatic heterocycles. The molecule has 24 heavy (non-hydrogen) atoms.